The van der Waals surface area contributed by atoms with Crippen molar-refractivity contribution in [2.45, 2.75) is 91.4 Å². The van der Waals surface area contributed by atoms with Crippen LogP contribution in [0.3, 0.4) is 0 Å². The Kier molecular flexibility index (Phi) is 9.26. The molecule has 1 heteroatoms. The van der Waals surface area contributed by atoms with Crippen molar-refractivity contribution in [2.75, 3.05) is 13.1 Å². The summed E-state index contributed by atoms with van der Waals surface area (Å²) in [7, 11) is 0. The van der Waals surface area contributed by atoms with Gasteiger partial charge in [-0.2, -0.15) is 0 Å². The SMILES string of the molecule is CCCCCCCC(C)(CCCCC)C1=CCCNC1. The third kappa shape index (κ3) is 6.43. The lowest BCUT2D eigenvalue weighted by Gasteiger charge is -2.35. The normalized spacial score (nSPS) is 18.6. The molecule has 1 heterocycles. The van der Waals surface area contributed by atoms with E-state index in [0.29, 0.717) is 5.41 Å². The number of hydrogen-bond acceptors (Lipinski definition) is 1. The summed E-state index contributed by atoms with van der Waals surface area (Å²) in [5, 5.41) is 3.57. The molecule has 1 atom stereocenters. The maximum atomic E-state index is 3.57. The van der Waals surface area contributed by atoms with Gasteiger partial charge in [-0.3, -0.25) is 0 Å². The highest BCUT2D eigenvalue weighted by Gasteiger charge is 2.28. The molecular weight excluding hydrogens is 242 g/mol. The Morgan fingerprint density at radius 2 is 1.55 bits per heavy atom. The second-order valence-electron chi connectivity index (χ2n) is 6.88. The highest BCUT2D eigenvalue weighted by molar-refractivity contribution is 5.17. The molecule has 0 saturated carbocycles. The zero-order valence-corrected chi connectivity index (χ0v) is 14.3. The summed E-state index contributed by atoms with van der Waals surface area (Å²) in [6.07, 6.45) is 17.7. The predicted octanol–water partition coefficient (Wildman–Crippen LogP) is 5.85. The van der Waals surface area contributed by atoms with Crippen molar-refractivity contribution in [3.05, 3.63) is 11.6 Å². The van der Waals surface area contributed by atoms with Crippen LogP contribution >= 0.6 is 0 Å². The van der Waals surface area contributed by atoms with E-state index in [2.05, 4.69) is 32.2 Å². The summed E-state index contributed by atoms with van der Waals surface area (Å²) < 4.78 is 0. The number of rotatable bonds is 11. The molecule has 20 heavy (non-hydrogen) atoms. The van der Waals surface area contributed by atoms with Crippen LogP contribution in [-0.4, -0.2) is 13.1 Å². The first-order valence-electron chi connectivity index (χ1n) is 9.13. The standard InChI is InChI=1S/C19H37N/c1-4-6-8-9-11-15-19(3,14-10-7-5-2)18-13-12-16-20-17-18/h13,20H,4-12,14-17H2,1-3H3. The number of hydrogen-bond donors (Lipinski definition) is 1. The fourth-order valence-corrected chi connectivity index (χ4v) is 3.43. The fourth-order valence-electron chi connectivity index (χ4n) is 3.43. The molecule has 0 aromatic carbocycles. The second kappa shape index (κ2) is 10.4. The Morgan fingerprint density at radius 3 is 2.15 bits per heavy atom. The molecule has 1 unspecified atom stereocenters. The average molecular weight is 280 g/mol. The van der Waals surface area contributed by atoms with E-state index in [-0.39, 0.29) is 0 Å². The molecule has 1 rings (SSSR count). The van der Waals surface area contributed by atoms with Crippen LogP contribution < -0.4 is 5.32 Å². The third-order valence-electron chi connectivity index (χ3n) is 4.97. The van der Waals surface area contributed by atoms with E-state index in [0.717, 1.165) is 6.54 Å². The molecule has 1 N–H and O–H groups in total. The number of unbranched alkanes of at least 4 members (excludes halogenated alkanes) is 6. The molecule has 1 aliphatic heterocycles. The summed E-state index contributed by atoms with van der Waals surface area (Å²) in [6.45, 7) is 9.45. The van der Waals surface area contributed by atoms with Gasteiger partial charge in [0.1, 0.15) is 0 Å². The molecule has 0 amide bonds. The van der Waals surface area contributed by atoms with Crippen LogP contribution in [0.4, 0.5) is 0 Å². The summed E-state index contributed by atoms with van der Waals surface area (Å²) >= 11 is 0. The lowest BCUT2D eigenvalue weighted by Crippen LogP contribution is -2.31. The smallest absolute Gasteiger partial charge is 0.0170 e. The summed E-state index contributed by atoms with van der Waals surface area (Å²) in [6, 6.07) is 0. The molecule has 0 fully saturated rings. The summed E-state index contributed by atoms with van der Waals surface area (Å²) in [5.74, 6) is 0. The van der Waals surface area contributed by atoms with Crippen LogP contribution in [0.5, 0.6) is 0 Å². The van der Waals surface area contributed by atoms with Crippen LogP contribution in [0.25, 0.3) is 0 Å². The van der Waals surface area contributed by atoms with Gasteiger partial charge in [-0.25, -0.2) is 0 Å². The molecule has 0 saturated heterocycles. The zero-order valence-electron chi connectivity index (χ0n) is 14.3. The average Bonchev–Trinajstić information content (AvgIpc) is 2.48. The van der Waals surface area contributed by atoms with E-state index in [1.807, 2.05) is 0 Å². The van der Waals surface area contributed by atoms with Crippen LogP contribution in [0.2, 0.25) is 0 Å². The highest BCUT2D eigenvalue weighted by Crippen LogP contribution is 2.39. The number of nitrogens with one attached hydrogen (secondary N) is 1. The van der Waals surface area contributed by atoms with Crippen molar-refractivity contribution in [2.24, 2.45) is 5.41 Å². The highest BCUT2D eigenvalue weighted by atomic mass is 14.9. The van der Waals surface area contributed by atoms with Crippen molar-refractivity contribution in [1.29, 1.82) is 0 Å². The van der Waals surface area contributed by atoms with Gasteiger partial charge in [0.25, 0.3) is 0 Å². The Labute approximate surface area is 127 Å². The van der Waals surface area contributed by atoms with Crippen molar-refractivity contribution >= 4 is 0 Å². The van der Waals surface area contributed by atoms with Gasteiger partial charge >= 0.3 is 0 Å². The minimum atomic E-state index is 0.467. The first kappa shape index (κ1) is 17.8. The van der Waals surface area contributed by atoms with Gasteiger partial charge in [0, 0.05) is 6.54 Å². The van der Waals surface area contributed by atoms with E-state index >= 15 is 0 Å². The molecule has 0 bridgehead atoms. The minimum absolute atomic E-state index is 0.467. The molecule has 0 aromatic rings. The molecule has 1 nitrogen and oxygen atoms in total. The molecule has 0 spiro atoms. The maximum absolute atomic E-state index is 3.57. The Hall–Kier alpha value is -0.300. The van der Waals surface area contributed by atoms with E-state index in [1.54, 1.807) is 5.57 Å². The maximum Gasteiger partial charge on any atom is 0.0170 e. The molecular formula is C19H37N. The first-order chi connectivity index (χ1) is 9.73. The predicted molar refractivity (Wildman–Crippen MR) is 91.2 cm³/mol. The van der Waals surface area contributed by atoms with E-state index in [9.17, 15) is 0 Å². The van der Waals surface area contributed by atoms with Crippen LogP contribution in [0.15, 0.2) is 11.6 Å². The lowest BCUT2D eigenvalue weighted by atomic mass is 9.72. The van der Waals surface area contributed by atoms with Gasteiger partial charge in [-0.05, 0) is 31.2 Å². The van der Waals surface area contributed by atoms with Gasteiger partial charge in [0.2, 0.25) is 0 Å². The quantitative estimate of drug-likeness (QED) is 0.369. The zero-order chi connectivity index (χ0) is 14.7. The fraction of sp³-hybridized carbons (Fsp3) is 0.895. The van der Waals surface area contributed by atoms with Crippen molar-refractivity contribution in [3.63, 3.8) is 0 Å². The van der Waals surface area contributed by atoms with Crippen LogP contribution in [0.1, 0.15) is 91.4 Å². The molecule has 0 aliphatic carbocycles. The van der Waals surface area contributed by atoms with Crippen molar-refractivity contribution in [3.8, 4) is 0 Å². The third-order valence-corrected chi connectivity index (χ3v) is 4.97. The molecule has 0 radical (unpaired) electrons. The van der Waals surface area contributed by atoms with Crippen LogP contribution in [-0.2, 0) is 0 Å². The Bertz CT molecular complexity index is 269. The van der Waals surface area contributed by atoms with Gasteiger partial charge < -0.3 is 5.32 Å². The van der Waals surface area contributed by atoms with E-state index in [1.165, 1.54) is 77.2 Å². The van der Waals surface area contributed by atoms with Gasteiger partial charge in [0.05, 0.1) is 0 Å². The lowest BCUT2D eigenvalue weighted by molar-refractivity contribution is 0.296. The van der Waals surface area contributed by atoms with E-state index < -0.39 is 0 Å². The van der Waals surface area contributed by atoms with Gasteiger partial charge in [0.15, 0.2) is 0 Å². The molecule has 0 aromatic heterocycles. The molecule has 1 aliphatic rings. The molecule has 118 valence electrons. The van der Waals surface area contributed by atoms with Gasteiger partial charge in [-0.15, -0.1) is 0 Å². The topological polar surface area (TPSA) is 12.0 Å². The largest absolute Gasteiger partial charge is 0.313 e. The monoisotopic (exact) mass is 279 g/mol. The van der Waals surface area contributed by atoms with Crippen molar-refractivity contribution in [1.82, 2.24) is 5.32 Å². The second-order valence-corrected chi connectivity index (χ2v) is 6.88. The Balaban J connectivity index is 2.47. The van der Waals surface area contributed by atoms with Crippen LogP contribution in [0, 0.1) is 5.41 Å². The first-order valence-corrected chi connectivity index (χ1v) is 9.13. The van der Waals surface area contributed by atoms with Crippen molar-refractivity contribution < 1.29 is 0 Å². The Morgan fingerprint density at radius 1 is 0.950 bits per heavy atom. The minimum Gasteiger partial charge on any atom is -0.313 e. The van der Waals surface area contributed by atoms with Gasteiger partial charge in [-0.1, -0.05) is 83.8 Å². The summed E-state index contributed by atoms with van der Waals surface area (Å²) in [5.41, 5.74) is 2.17. The van der Waals surface area contributed by atoms with E-state index in [4.69, 9.17) is 0 Å². The summed E-state index contributed by atoms with van der Waals surface area (Å²) in [4.78, 5) is 0.